The highest BCUT2D eigenvalue weighted by Gasteiger charge is 2.28. The van der Waals surface area contributed by atoms with Crippen molar-refractivity contribution in [1.82, 2.24) is 4.98 Å². The molecule has 0 aliphatic carbocycles. The monoisotopic (exact) mass is 489 g/mol. The molecule has 0 fully saturated rings. The molecule has 33 heavy (non-hydrogen) atoms. The molecule has 1 amide bonds. The van der Waals surface area contributed by atoms with Gasteiger partial charge in [0.25, 0.3) is 5.69 Å². The summed E-state index contributed by atoms with van der Waals surface area (Å²) in [7, 11) is 0. The third-order valence-corrected chi connectivity index (χ3v) is 5.65. The Labute approximate surface area is 196 Å². The summed E-state index contributed by atoms with van der Waals surface area (Å²) in [5.41, 5.74) is 0.201. The highest BCUT2D eigenvalue weighted by Crippen LogP contribution is 2.37. The van der Waals surface area contributed by atoms with Crippen LogP contribution in [0.2, 0.25) is 5.02 Å². The lowest BCUT2D eigenvalue weighted by Gasteiger charge is -2.18. The fraction of sp³-hybridized carbons (Fsp3) is 0.190. The first-order valence-electron chi connectivity index (χ1n) is 9.59. The van der Waals surface area contributed by atoms with Gasteiger partial charge >= 0.3 is 5.97 Å². The van der Waals surface area contributed by atoms with Gasteiger partial charge in [-0.3, -0.25) is 19.8 Å². The molecule has 3 aromatic rings. The molecule has 1 aromatic heterocycles. The average Bonchev–Trinajstić information content (AvgIpc) is 3.24. The number of benzene rings is 2. The van der Waals surface area contributed by atoms with Crippen molar-refractivity contribution in [1.29, 1.82) is 0 Å². The first-order valence-corrected chi connectivity index (χ1v) is 10.8. The van der Waals surface area contributed by atoms with E-state index in [0.717, 1.165) is 6.07 Å². The molecule has 0 atom stereocenters. The smallest absolute Gasteiger partial charge is 0.345 e. The number of aromatic nitrogens is 1. The Morgan fingerprint density at radius 3 is 2.64 bits per heavy atom. The minimum atomic E-state index is -0.911. The zero-order valence-corrected chi connectivity index (χ0v) is 18.7. The summed E-state index contributed by atoms with van der Waals surface area (Å²) in [6, 6.07) is 9.12. The van der Waals surface area contributed by atoms with Crippen LogP contribution < -0.4 is 14.4 Å². The van der Waals surface area contributed by atoms with E-state index in [1.54, 1.807) is 29.6 Å². The topological polar surface area (TPSA) is 121 Å². The third kappa shape index (κ3) is 4.89. The minimum absolute atomic E-state index is 0.194. The molecule has 0 unspecified atom stereocenters. The Kier molecular flexibility index (Phi) is 6.43. The van der Waals surface area contributed by atoms with Gasteiger partial charge in [-0.15, -0.1) is 11.3 Å². The van der Waals surface area contributed by atoms with E-state index in [-0.39, 0.29) is 42.8 Å². The van der Waals surface area contributed by atoms with Crippen molar-refractivity contribution in [3.8, 4) is 11.5 Å². The van der Waals surface area contributed by atoms with E-state index in [9.17, 15) is 19.7 Å². The third-order valence-electron chi connectivity index (χ3n) is 4.54. The Balaban J connectivity index is 1.52. The lowest BCUT2D eigenvalue weighted by molar-refractivity contribution is -0.385. The van der Waals surface area contributed by atoms with E-state index in [4.69, 9.17) is 25.8 Å². The van der Waals surface area contributed by atoms with Crippen LogP contribution in [0, 0.1) is 10.1 Å². The predicted octanol–water partition coefficient (Wildman–Crippen LogP) is 4.52. The largest absolute Gasteiger partial charge is 0.486 e. The number of nitro benzene ring substituents is 1. The van der Waals surface area contributed by atoms with E-state index in [1.807, 2.05) is 0 Å². The summed E-state index contributed by atoms with van der Waals surface area (Å²) >= 11 is 7.21. The van der Waals surface area contributed by atoms with Crippen LogP contribution in [-0.2, 0) is 16.1 Å². The number of amides is 1. The van der Waals surface area contributed by atoms with Gasteiger partial charge in [-0.05, 0) is 18.2 Å². The maximum absolute atomic E-state index is 12.6. The van der Waals surface area contributed by atoms with Crippen LogP contribution in [0.4, 0.5) is 16.5 Å². The number of hydrogen-bond donors (Lipinski definition) is 0. The van der Waals surface area contributed by atoms with Crippen molar-refractivity contribution in [3.05, 3.63) is 68.2 Å². The summed E-state index contributed by atoms with van der Waals surface area (Å²) in [4.78, 5) is 41.3. The van der Waals surface area contributed by atoms with Crippen molar-refractivity contribution < 1.29 is 28.7 Å². The average molecular weight is 490 g/mol. The number of nitro groups is 1. The number of anilines is 2. The molecule has 1 aliphatic rings. The molecule has 170 valence electrons. The first kappa shape index (κ1) is 22.5. The lowest BCUT2D eigenvalue weighted by atomic mass is 10.1. The Bertz CT molecular complexity index is 1250. The second-order valence-electron chi connectivity index (χ2n) is 6.80. The molecule has 0 radical (unpaired) electrons. The number of esters is 1. The van der Waals surface area contributed by atoms with Crippen LogP contribution in [0.3, 0.4) is 0 Å². The summed E-state index contributed by atoms with van der Waals surface area (Å²) in [5, 5.41) is 13.9. The van der Waals surface area contributed by atoms with Crippen molar-refractivity contribution in [2.24, 2.45) is 0 Å². The quantitative estimate of drug-likeness (QED) is 0.281. The molecule has 2 heterocycles. The normalized spacial score (nSPS) is 12.2. The number of hydrogen-bond acceptors (Lipinski definition) is 9. The highest BCUT2D eigenvalue weighted by molar-refractivity contribution is 7.14. The maximum Gasteiger partial charge on any atom is 0.345 e. The summed E-state index contributed by atoms with van der Waals surface area (Å²) < 4.78 is 16.0. The lowest BCUT2D eigenvalue weighted by Crippen LogP contribution is -2.22. The number of fused-ring (bicyclic) bond motifs is 1. The van der Waals surface area contributed by atoms with Crippen LogP contribution in [0.1, 0.15) is 23.0 Å². The molecule has 2 aromatic carbocycles. The van der Waals surface area contributed by atoms with Crippen molar-refractivity contribution in [2.75, 3.05) is 18.1 Å². The number of ether oxygens (including phenoxy) is 3. The number of carbonyl (C=O) groups is 2. The zero-order valence-electron chi connectivity index (χ0n) is 17.1. The van der Waals surface area contributed by atoms with Gasteiger partial charge in [0.15, 0.2) is 16.6 Å². The Morgan fingerprint density at radius 1 is 1.24 bits per heavy atom. The van der Waals surface area contributed by atoms with Crippen molar-refractivity contribution in [3.63, 3.8) is 0 Å². The molecule has 0 saturated heterocycles. The first-order chi connectivity index (χ1) is 15.8. The standard InChI is InChI=1S/C21H16ClN3O7S/c1-12(26)24(15-4-2-3-13(22)7-15)21-23-14(11-33-21)10-32-20(27)16-8-18-19(31-6-5-30-18)9-17(16)25(28)29/h2-4,7-9,11H,5-6,10H2,1H3. The molecule has 0 saturated carbocycles. The second kappa shape index (κ2) is 9.43. The van der Waals surface area contributed by atoms with Gasteiger partial charge in [0.2, 0.25) is 5.91 Å². The van der Waals surface area contributed by atoms with E-state index in [1.165, 1.54) is 29.2 Å². The van der Waals surface area contributed by atoms with Crippen LogP contribution in [0.5, 0.6) is 11.5 Å². The minimum Gasteiger partial charge on any atom is -0.486 e. The Morgan fingerprint density at radius 2 is 1.97 bits per heavy atom. The van der Waals surface area contributed by atoms with Crippen molar-refractivity contribution in [2.45, 2.75) is 13.5 Å². The van der Waals surface area contributed by atoms with Crippen LogP contribution >= 0.6 is 22.9 Å². The molecule has 0 bridgehead atoms. The number of carbonyl (C=O) groups excluding carboxylic acids is 2. The number of halogens is 1. The number of nitrogens with zero attached hydrogens (tertiary/aromatic N) is 3. The van der Waals surface area contributed by atoms with E-state index < -0.39 is 16.6 Å². The number of thiazole rings is 1. The second-order valence-corrected chi connectivity index (χ2v) is 8.07. The molecular weight excluding hydrogens is 474 g/mol. The molecule has 0 spiro atoms. The highest BCUT2D eigenvalue weighted by atomic mass is 35.5. The fourth-order valence-corrected chi connectivity index (χ4v) is 4.17. The molecular formula is C21H16ClN3O7S. The van der Waals surface area contributed by atoms with Gasteiger partial charge < -0.3 is 14.2 Å². The zero-order chi connectivity index (χ0) is 23.5. The Hall–Kier alpha value is -3.70. The summed E-state index contributed by atoms with van der Waals surface area (Å²) in [6.45, 7) is 1.66. The van der Waals surface area contributed by atoms with Crippen LogP contribution in [-0.4, -0.2) is 35.0 Å². The SMILES string of the molecule is CC(=O)N(c1cccc(Cl)c1)c1nc(COC(=O)c2cc3c(cc2[N+](=O)[O-])OCCO3)cs1. The van der Waals surface area contributed by atoms with E-state index in [2.05, 4.69) is 4.98 Å². The summed E-state index contributed by atoms with van der Waals surface area (Å²) in [6.07, 6.45) is 0. The van der Waals surface area contributed by atoms with Crippen molar-refractivity contribution >= 4 is 51.3 Å². The molecule has 0 N–H and O–H groups in total. The summed E-state index contributed by atoms with van der Waals surface area (Å²) in [5.74, 6) is -0.763. The van der Waals surface area contributed by atoms with E-state index >= 15 is 0 Å². The molecule has 12 heteroatoms. The van der Waals surface area contributed by atoms with Gasteiger partial charge in [-0.1, -0.05) is 17.7 Å². The van der Waals surface area contributed by atoms with E-state index in [0.29, 0.717) is 21.5 Å². The van der Waals surface area contributed by atoms with Crippen LogP contribution in [0.25, 0.3) is 0 Å². The van der Waals surface area contributed by atoms with Gasteiger partial charge in [-0.2, -0.15) is 0 Å². The molecule has 10 nitrogen and oxygen atoms in total. The van der Waals surface area contributed by atoms with Gasteiger partial charge in [0.1, 0.15) is 25.4 Å². The maximum atomic E-state index is 12.6. The predicted molar refractivity (Wildman–Crippen MR) is 120 cm³/mol. The number of rotatable bonds is 6. The molecule has 1 aliphatic heterocycles. The van der Waals surface area contributed by atoms with Gasteiger partial charge in [0, 0.05) is 23.4 Å². The molecule has 4 rings (SSSR count). The van der Waals surface area contributed by atoms with Gasteiger partial charge in [-0.25, -0.2) is 9.78 Å². The van der Waals surface area contributed by atoms with Crippen LogP contribution in [0.15, 0.2) is 41.8 Å². The van der Waals surface area contributed by atoms with Gasteiger partial charge in [0.05, 0.1) is 22.4 Å². The fourth-order valence-electron chi connectivity index (χ4n) is 3.12.